The quantitative estimate of drug-likeness (QED) is 0.167. The lowest BCUT2D eigenvalue weighted by atomic mass is 9.96. The Labute approximate surface area is 187 Å². The normalized spacial score (nSPS) is 53.7. The van der Waals surface area contributed by atoms with Crippen LogP contribution in [0.3, 0.4) is 0 Å². The Morgan fingerprint density at radius 1 is 0.545 bits per heavy atom. The summed E-state index contributed by atoms with van der Waals surface area (Å²) in [6.45, 7) is -0.122. The van der Waals surface area contributed by atoms with E-state index in [-0.39, 0.29) is 0 Å². The summed E-state index contributed by atoms with van der Waals surface area (Å²) in [5.74, 6) is 0. The predicted octanol–water partition coefficient (Wildman–Crippen LogP) is -6.55. The van der Waals surface area contributed by atoms with Crippen LogP contribution < -0.4 is 0 Å². The molecule has 15 atom stereocenters. The zero-order valence-corrected chi connectivity index (χ0v) is 17.6. The van der Waals surface area contributed by atoms with Crippen molar-refractivity contribution in [1.82, 2.24) is 0 Å². The van der Waals surface area contributed by atoms with E-state index in [2.05, 4.69) is 0 Å². The number of aliphatic hydroxyl groups excluding tert-OH is 10. The van der Waals surface area contributed by atoms with Crippen molar-refractivity contribution in [2.45, 2.75) is 99.0 Å². The van der Waals surface area contributed by atoms with Crippen LogP contribution in [0.2, 0.25) is 0 Å². The van der Waals surface area contributed by atoms with E-state index < -0.39 is 105 Å². The summed E-state index contributed by atoms with van der Waals surface area (Å²) in [6.07, 6.45) is -24.1. The molecule has 3 saturated heterocycles. The van der Waals surface area contributed by atoms with Crippen molar-refractivity contribution in [1.29, 1.82) is 0 Å². The maximum Gasteiger partial charge on any atom is 0.187 e. The van der Waals surface area contributed by atoms with Crippen molar-refractivity contribution in [3.63, 3.8) is 0 Å². The van der Waals surface area contributed by atoms with Crippen LogP contribution in [0.25, 0.3) is 0 Å². The number of ether oxygens (including phenoxy) is 5. The molecule has 0 aliphatic carbocycles. The highest BCUT2D eigenvalue weighted by molar-refractivity contribution is 4.95. The maximum atomic E-state index is 10.7. The first kappa shape index (κ1) is 27.0. The SMILES string of the molecule is C[C@@H]1OC(O)[C@H](O[C@@H]2O[C@H](CO)[C@H](O)[C@H](O[C@H]3O[C@H](CO)[C@@H](O)[C@H](O)[C@H]3O)[C@H]2O)[C@H](O)[C@H]1O. The highest BCUT2D eigenvalue weighted by atomic mass is 16.8. The van der Waals surface area contributed by atoms with Gasteiger partial charge in [0.05, 0.1) is 19.3 Å². The maximum absolute atomic E-state index is 10.7. The molecule has 194 valence electrons. The van der Waals surface area contributed by atoms with Crippen molar-refractivity contribution >= 4 is 0 Å². The van der Waals surface area contributed by atoms with Crippen LogP contribution in [-0.4, -0.2) is 156 Å². The molecule has 0 radical (unpaired) electrons. The summed E-state index contributed by atoms with van der Waals surface area (Å²) in [7, 11) is 0. The molecule has 3 aliphatic rings. The van der Waals surface area contributed by atoms with E-state index in [9.17, 15) is 51.1 Å². The Hall–Kier alpha value is -0.600. The first-order valence-electron chi connectivity index (χ1n) is 10.4. The van der Waals surface area contributed by atoms with Crippen LogP contribution in [0, 0.1) is 0 Å². The molecule has 0 saturated carbocycles. The standard InChI is InChI=1S/C18H32O15/c1-4-7(21)11(25)15(16(28)29-4)33-18-13(27)14(9(23)6(3-20)31-18)32-17-12(26)10(24)8(22)5(2-19)30-17/h4-28H,2-3H2,1H3/t4-,5+,6+,7-,8+,9-,10-,11+,12+,13+,14-,15+,16?,17+,18-/m0/s1. The van der Waals surface area contributed by atoms with Gasteiger partial charge in [0.15, 0.2) is 18.9 Å². The number of hydrogen-bond acceptors (Lipinski definition) is 15. The van der Waals surface area contributed by atoms with Gasteiger partial charge in [-0.05, 0) is 6.92 Å². The van der Waals surface area contributed by atoms with Crippen molar-refractivity contribution < 1.29 is 74.7 Å². The van der Waals surface area contributed by atoms with Crippen LogP contribution in [0.15, 0.2) is 0 Å². The van der Waals surface area contributed by atoms with Gasteiger partial charge in [0.25, 0.3) is 0 Å². The van der Waals surface area contributed by atoms with Gasteiger partial charge in [0, 0.05) is 0 Å². The zero-order valence-electron chi connectivity index (χ0n) is 17.6. The molecule has 0 aromatic heterocycles. The Bertz CT molecular complexity index is 624. The van der Waals surface area contributed by atoms with Gasteiger partial charge in [-0.1, -0.05) is 0 Å². The molecule has 1 unspecified atom stereocenters. The van der Waals surface area contributed by atoms with Crippen molar-refractivity contribution in [3.05, 3.63) is 0 Å². The zero-order chi connectivity index (χ0) is 24.6. The fourth-order valence-electron chi connectivity index (χ4n) is 3.98. The highest BCUT2D eigenvalue weighted by Crippen LogP contribution is 2.32. The largest absolute Gasteiger partial charge is 0.394 e. The third kappa shape index (κ3) is 5.32. The van der Waals surface area contributed by atoms with Crippen LogP contribution >= 0.6 is 0 Å². The molecule has 0 bridgehead atoms. The molecule has 3 heterocycles. The molecular weight excluding hydrogens is 456 g/mol. The van der Waals surface area contributed by atoms with Gasteiger partial charge in [-0.3, -0.25) is 0 Å². The van der Waals surface area contributed by atoms with Crippen molar-refractivity contribution in [2.24, 2.45) is 0 Å². The molecule has 0 amide bonds. The second kappa shape index (κ2) is 11.0. The first-order chi connectivity index (χ1) is 15.5. The summed E-state index contributed by atoms with van der Waals surface area (Å²) in [4.78, 5) is 0. The number of aliphatic hydroxyl groups is 10. The highest BCUT2D eigenvalue weighted by Gasteiger charge is 2.53. The minimum Gasteiger partial charge on any atom is -0.394 e. The van der Waals surface area contributed by atoms with Crippen molar-refractivity contribution in [2.75, 3.05) is 13.2 Å². The lowest BCUT2D eigenvalue weighted by Gasteiger charge is -2.47. The second-order valence-corrected chi connectivity index (χ2v) is 8.32. The summed E-state index contributed by atoms with van der Waals surface area (Å²) < 4.78 is 26.4. The lowest BCUT2D eigenvalue weighted by Crippen LogP contribution is -2.66. The summed E-state index contributed by atoms with van der Waals surface area (Å²) >= 11 is 0. The van der Waals surface area contributed by atoms with Crippen LogP contribution in [0.4, 0.5) is 0 Å². The molecule has 15 heteroatoms. The van der Waals surface area contributed by atoms with Gasteiger partial charge in [-0.25, -0.2) is 0 Å². The number of rotatable bonds is 6. The monoisotopic (exact) mass is 488 g/mol. The molecule has 3 fully saturated rings. The smallest absolute Gasteiger partial charge is 0.187 e. The van der Waals surface area contributed by atoms with E-state index in [1.54, 1.807) is 0 Å². The van der Waals surface area contributed by atoms with Gasteiger partial charge < -0.3 is 74.7 Å². The van der Waals surface area contributed by atoms with Gasteiger partial charge >= 0.3 is 0 Å². The molecule has 0 aromatic rings. The van der Waals surface area contributed by atoms with E-state index in [0.717, 1.165) is 0 Å². The average molecular weight is 488 g/mol. The van der Waals surface area contributed by atoms with E-state index in [0.29, 0.717) is 0 Å². The molecular formula is C18H32O15. The van der Waals surface area contributed by atoms with E-state index in [4.69, 9.17) is 23.7 Å². The van der Waals surface area contributed by atoms with Gasteiger partial charge in [0.2, 0.25) is 0 Å². The topological polar surface area (TPSA) is 248 Å². The average Bonchev–Trinajstić information content (AvgIpc) is 2.79. The molecule has 3 aliphatic heterocycles. The number of hydrogen-bond donors (Lipinski definition) is 10. The van der Waals surface area contributed by atoms with E-state index >= 15 is 0 Å². The lowest BCUT2D eigenvalue weighted by molar-refractivity contribution is -0.381. The Morgan fingerprint density at radius 3 is 1.64 bits per heavy atom. The first-order valence-corrected chi connectivity index (χ1v) is 10.4. The fourth-order valence-corrected chi connectivity index (χ4v) is 3.98. The molecule has 0 aromatic carbocycles. The van der Waals surface area contributed by atoms with Crippen LogP contribution in [-0.2, 0) is 23.7 Å². The van der Waals surface area contributed by atoms with E-state index in [1.807, 2.05) is 0 Å². The molecule has 3 rings (SSSR count). The Morgan fingerprint density at radius 2 is 1.06 bits per heavy atom. The third-order valence-electron chi connectivity index (χ3n) is 6.06. The second-order valence-electron chi connectivity index (χ2n) is 8.32. The molecule has 10 N–H and O–H groups in total. The summed E-state index contributed by atoms with van der Waals surface area (Å²) in [6, 6.07) is 0. The summed E-state index contributed by atoms with van der Waals surface area (Å²) in [5, 5.41) is 100. The molecule has 0 spiro atoms. The van der Waals surface area contributed by atoms with Crippen LogP contribution in [0.5, 0.6) is 0 Å². The minimum atomic E-state index is -1.87. The predicted molar refractivity (Wildman–Crippen MR) is 99.8 cm³/mol. The fraction of sp³-hybridized carbons (Fsp3) is 1.00. The van der Waals surface area contributed by atoms with Crippen LogP contribution in [0.1, 0.15) is 6.92 Å². The molecule has 33 heavy (non-hydrogen) atoms. The Kier molecular flexibility index (Phi) is 8.99. The van der Waals surface area contributed by atoms with Gasteiger partial charge in [-0.2, -0.15) is 0 Å². The molecule has 15 nitrogen and oxygen atoms in total. The third-order valence-corrected chi connectivity index (χ3v) is 6.06. The van der Waals surface area contributed by atoms with E-state index in [1.165, 1.54) is 6.92 Å². The Balaban J connectivity index is 1.76. The van der Waals surface area contributed by atoms with Gasteiger partial charge in [0.1, 0.15) is 67.1 Å². The van der Waals surface area contributed by atoms with Crippen molar-refractivity contribution in [3.8, 4) is 0 Å². The van der Waals surface area contributed by atoms with Gasteiger partial charge in [-0.15, -0.1) is 0 Å². The minimum absolute atomic E-state index is 0.743. The summed E-state index contributed by atoms with van der Waals surface area (Å²) in [5.41, 5.74) is 0.